The van der Waals surface area contributed by atoms with Gasteiger partial charge in [-0.3, -0.25) is 9.79 Å². The van der Waals surface area contributed by atoms with Gasteiger partial charge in [-0.15, -0.1) is 0 Å². The zero-order valence-corrected chi connectivity index (χ0v) is 18.9. The molecule has 1 unspecified atom stereocenters. The summed E-state index contributed by atoms with van der Waals surface area (Å²) in [4.78, 5) is 24.8. The average Bonchev–Trinajstić information content (AvgIpc) is 2.77. The topological polar surface area (TPSA) is 146 Å². The van der Waals surface area contributed by atoms with Crippen LogP contribution in [-0.4, -0.2) is 44.3 Å². The van der Waals surface area contributed by atoms with Gasteiger partial charge >= 0.3 is 0 Å². The van der Waals surface area contributed by atoms with Crippen LogP contribution in [-0.2, 0) is 15.5 Å². The van der Waals surface area contributed by atoms with Gasteiger partial charge in [0.15, 0.2) is 0 Å². The van der Waals surface area contributed by atoms with Gasteiger partial charge in [-0.25, -0.2) is 22.9 Å². The molecule has 0 fully saturated rings. The van der Waals surface area contributed by atoms with Crippen LogP contribution in [0.5, 0.6) is 0 Å². The van der Waals surface area contributed by atoms with E-state index in [1.54, 1.807) is 19.9 Å². The summed E-state index contributed by atoms with van der Waals surface area (Å²) in [5.41, 5.74) is 6.93. The quantitative estimate of drug-likeness (QED) is 0.521. The van der Waals surface area contributed by atoms with E-state index in [4.69, 9.17) is 11.0 Å². The minimum atomic E-state index is -3.02. The van der Waals surface area contributed by atoms with Crippen molar-refractivity contribution in [2.24, 2.45) is 15.1 Å². The maximum Gasteiger partial charge on any atom is 0.275 e. The predicted molar refractivity (Wildman–Crippen MR) is 120 cm³/mol. The molecule has 2 atom stereocenters. The summed E-state index contributed by atoms with van der Waals surface area (Å²) in [6.45, 7) is 3.76. The Kier molecular flexibility index (Phi) is 6.55. The van der Waals surface area contributed by atoms with Crippen molar-refractivity contribution in [3.05, 3.63) is 52.7 Å². The van der Waals surface area contributed by atoms with Crippen LogP contribution in [0.1, 0.15) is 47.1 Å². The lowest BCUT2D eigenvalue weighted by atomic mass is 10.0. The molecular weight excluding hydrogens is 433 g/mol. The number of aromatic nitrogens is 2. The van der Waals surface area contributed by atoms with Crippen molar-refractivity contribution >= 4 is 27.3 Å². The summed E-state index contributed by atoms with van der Waals surface area (Å²) < 4.78 is 31.7. The van der Waals surface area contributed by atoms with Gasteiger partial charge in [0.2, 0.25) is 0 Å². The molecule has 0 saturated carbocycles. The first kappa shape index (κ1) is 23.3. The van der Waals surface area contributed by atoms with Crippen molar-refractivity contribution in [1.29, 1.82) is 5.26 Å². The summed E-state index contributed by atoms with van der Waals surface area (Å²) in [7, 11) is -1.50. The van der Waals surface area contributed by atoms with Crippen LogP contribution in [0, 0.1) is 24.1 Å². The van der Waals surface area contributed by atoms with Crippen LogP contribution in [0.25, 0.3) is 0 Å². The largest absolute Gasteiger partial charge is 0.386 e. The van der Waals surface area contributed by atoms with Gasteiger partial charge in [0.1, 0.15) is 34.0 Å². The zero-order chi connectivity index (χ0) is 23.5. The van der Waals surface area contributed by atoms with E-state index in [2.05, 4.69) is 24.6 Å². The summed E-state index contributed by atoms with van der Waals surface area (Å²) in [5.74, 6) is -1.19. The molecule has 32 heavy (non-hydrogen) atoms. The highest BCUT2D eigenvalue weighted by molar-refractivity contribution is 7.95. The smallest absolute Gasteiger partial charge is 0.275 e. The molecule has 0 spiro atoms. The number of aliphatic imine (C=N–C) groups is 1. The SMILES string of the molecule is C/N=C(/N)[C@]1(C)CCCN=S1(=O)Cc1nc(NC(=O)c2ncc(C#N)cc2C)ccc1F. The maximum absolute atomic E-state index is 14.6. The van der Waals surface area contributed by atoms with Gasteiger partial charge < -0.3 is 11.1 Å². The molecule has 3 rings (SSSR count). The van der Waals surface area contributed by atoms with Gasteiger partial charge in [0.05, 0.1) is 26.7 Å². The highest BCUT2D eigenvalue weighted by Gasteiger charge is 2.43. The Bertz CT molecular complexity index is 1260. The number of anilines is 1. The Balaban J connectivity index is 1.91. The molecular formula is C21H24FN7O2S. The summed E-state index contributed by atoms with van der Waals surface area (Å²) in [5, 5.41) is 11.5. The second-order valence-electron chi connectivity index (χ2n) is 7.66. The normalized spacial score (nSPS) is 23.2. The van der Waals surface area contributed by atoms with Crippen molar-refractivity contribution in [3.8, 4) is 6.07 Å². The van der Waals surface area contributed by atoms with E-state index < -0.39 is 26.2 Å². The van der Waals surface area contributed by atoms with Gasteiger partial charge in [-0.1, -0.05) is 0 Å². The third-order valence-electron chi connectivity index (χ3n) is 5.51. The number of nitrogens with one attached hydrogen (secondary N) is 1. The molecule has 2 aromatic rings. The molecule has 2 aromatic heterocycles. The monoisotopic (exact) mass is 457 g/mol. The molecule has 0 saturated heterocycles. The van der Waals surface area contributed by atoms with E-state index in [1.165, 1.54) is 19.3 Å². The third-order valence-corrected chi connectivity index (χ3v) is 8.60. The number of amides is 1. The van der Waals surface area contributed by atoms with E-state index in [9.17, 15) is 13.4 Å². The maximum atomic E-state index is 14.6. The molecule has 1 amide bonds. The zero-order valence-electron chi connectivity index (χ0n) is 18.1. The minimum absolute atomic E-state index is 0.0783. The van der Waals surface area contributed by atoms with E-state index in [0.717, 1.165) is 6.07 Å². The number of pyridine rings is 2. The van der Waals surface area contributed by atoms with Crippen LogP contribution in [0.4, 0.5) is 10.2 Å². The number of carbonyl (C=O) groups is 1. The Labute approximate surface area is 186 Å². The second kappa shape index (κ2) is 9.00. The molecule has 0 bridgehead atoms. The van der Waals surface area contributed by atoms with Gasteiger partial charge in [-0.05, 0) is 50.5 Å². The summed E-state index contributed by atoms with van der Waals surface area (Å²) in [6, 6.07) is 5.96. The molecule has 0 radical (unpaired) electrons. The number of hydrogen-bond acceptors (Lipinski definition) is 7. The fraction of sp³-hybridized carbons (Fsp3) is 0.381. The number of nitrogens with two attached hydrogens (primary N) is 1. The molecule has 1 aliphatic heterocycles. The van der Waals surface area contributed by atoms with Crippen molar-refractivity contribution in [3.63, 3.8) is 0 Å². The molecule has 0 aromatic carbocycles. The number of aryl methyl sites for hydroxylation is 1. The van der Waals surface area contributed by atoms with E-state index in [-0.39, 0.29) is 28.8 Å². The molecule has 0 aliphatic carbocycles. The number of halogens is 1. The summed E-state index contributed by atoms with van der Waals surface area (Å²) in [6.07, 6.45) is 2.51. The fourth-order valence-corrected chi connectivity index (χ4v) is 6.13. The molecule has 11 heteroatoms. The Hall–Kier alpha value is -3.39. The molecule has 168 valence electrons. The average molecular weight is 458 g/mol. The first-order valence-corrected chi connectivity index (χ1v) is 11.6. The van der Waals surface area contributed by atoms with Crippen LogP contribution in [0.15, 0.2) is 33.8 Å². The molecule has 9 nitrogen and oxygen atoms in total. The second-order valence-corrected chi connectivity index (χ2v) is 10.4. The van der Waals surface area contributed by atoms with E-state index in [1.807, 2.05) is 6.07 Å². The molecule has 3 heterocycles. The molecule has 1 aliphatic rings. The highest BCUT2D eigenvalue weighted by atomic mass is 32.2. The highest BCUT2D eigenvalue weighted by Crippen LogP contribution is 2.33. The van der Waals surface area contributed by atoms with E-state index >= 15 is 0 Å². The van der Waals surface area contributed by atoms with Gasteiger partial charge in [-0.2, -0.15) is 5.26 Å². The summed E-state index contributed by atoms with van der Waals surface area (Å²) >= 11 is 0. The number of nitrogens with zero attached hydrogens (tertiary/aromatic N) is 5. The van der Waals surface area contributed by atoms with Crippen molar-refractivity contribution in [2.75, 3.05) is 18.9 Å². The number of amidine groups is 1. The van der Waals surface area contributed by atoms with Crippen LogP contribution < -0.4 is 11.1 Å². The fourth-order valence-electron chi connectivity index (χ4n) is 3.55. The first-order valence-electron chi connectivity index (χ1n) is 9.90. The van der Waals surface area contributed by atoms with Crippen LogP contribution >= 0.6 is 0 Å². The first-order chi connectivity index (χ1) is 15.1. The third kappa shape index (κ3) is 4.31. The minimum Gasteiger partial charge on any atom is -0.386 e. The van der Waals surface area contributed by atoms with Crippen LogP contribution in [0.2, 0.25) is 0 Å². The Morgan fingerprint density at radius 1 is 1.47 bits per heavy atom. The lowest BCUT2D eigenvalue weighted by Gasteiger charge is -2.35. The van der Waals surface area contributed by atoms with Gasteiger partial charge in [0.25, 0.3) is 5.91 Å². The lowest BCUT2D eigenvalue weighted by Crippen LogP contribution is -2.50. The number of hydrogen-bond donors (Lipinski definition) is 2. The van der Waals surface area contributed by atoms with Crippen LogP contribution in [0.3, 0.4) is 0 Å². The predicted octanol–water partition coefficient (Wildman–Crippen LogP) is 2.56. The lowest BCUT2D eigenvalue weighted by molar-refractivity contribution is 0.102. The Morgan fingerprint density at radius 2 is 2.22 bits per heavy atom. The van der Waals surface area contributed by atoms with E-state index in [0.29, 0.717) is 30.5 Å². The number of rotatable bonds is 5. The van der Waals surface area contributed by atoms with Crippen molar-refractivity contribution in [1.82, 2.24) is 9.97 Å². The van der Waals surface area contributed by atoms with Crippen molar-refractivity contribution in [2.45, 2.75) is 37.2 Å². The van der Waals surface area contributed by atoms with Crippen molar-refractivity contribution < 1.29 is 13.4 Å². The van der Waals surface area contributed by atoms with Gasteiger partial charge in [0, 0.05) is 19.8 Å². The standard InChI is InChI=1S/C21H24FN7O2S/c1-13-9-14(10-23)11-26-18(13)19(30)29-17-6-5-15(22)16(28-17)12-32(31)21(2,20(24)25-3)7-4-8-27-32/h5-6,9,11H,4,7-8,12H2,1-3H3,(H2,24,25)(H,28,29,30)/t21-,32?/m0/s1. The molecule has 3 N–H and O–H groups in total. The Morgan fingerprint density at radius 3 is 2.88 bits per heavy atom. The number of carbonyl (C=O) groups excluding carboxylic acids is 1. The number of nitriles is 1.